The molecule has 74 valence electrons. The van der Waals surface area contributed by atoms with Crippen LogP contribution < -0.4 is 0 Å². The Morgan fingerprint density at radius 3 is 2.71 bits per heavy atom. The molecule has 1 aromatic carbocycles. The lowest BCUT2D eigenvalue weighted by Gasteiger charge is -2.05. The van der Waals surface area contributed by atoms with Gasteiger partial charge in [0.1, 0.15) is 10.6 Å². The van der Waals surface area contributed by atoms with Gasteiger partial charge >= 0.3 is 0 Å². The lowest BCUT2D eigenvalue weighted by molar-refractivity contribution is -0.384. The molecule has 5 heteroatoms. The number of nitrogens with zero attached hydrogens (tertiary/aromatic N) is 1. The molecular formula is C9H8ClNO3. The lowest BCUT2D eigenvalue weighted by Crippen LogP contribution is -2.02. The zero-order valence-electron chi connectivity index (χ0n) is 7.49. The Bertz CT molecular complexity index is 401. The van der Waals surface area contributed by atoms with Crippen LogP contribution in [-0.4, -0.2) is 11.5 Å². The molecule has 4 nitrogen and oxygen atoms in total. The highest BCUT2D eigenvalue weighted by Crippen LogP contribution is 2.40. The number of hydrogen-bond donors (Lipinski definition) is 0. The van der Waals surface area contributed by atoms with Crippen LogP contribution in [0.4, 0.5) is 5.69 Å². The third-order valence-corrected chi connectivity index (χ3v) is 2.64. The first kappa shape index (κ1) is 9.43. The van der Waals surface area contributed by atoms with E-state index in [9.17, 15) is 10.1 Å². The molecule has 14 heavy (non-hydrogen) atoms. The minimum atomic E-state index is -0.498. The fourth-order valence-electron chi connectivity index (χ4n) is 1.26. The molecule has 1 fully saturated rings. The first-order valence-electron chi connectivity index (χ1n) is 4.11. The van der Waals surface area contributed by atoms with Crippen molar-refractivity contribution < 1.29 is 9.66 Å². The van der Waals surface area contributed by atoms with Gasteiger partial charge in [-0.25, -0.2) is 0 Å². The normalized spacial score (nSPS) is 24.7. The Balaban J connectivity index is 2.40. The maximum Gasteiger partial charge on any atom is 0.287 e. The SMILES string of the molecule is CC1(c2ccc([N+](=O)[O-])c(Cl)c2)CO1. The highest BCUT2D eigenvalue weighted by atomic mass is 35.5. The summed E-state index contributed by atoms with van der Waals surface area (Å²) < 4.78 is 5.21. The van der Waals surface area contributed by atoms with Gasteiger partial charge in [0.15, 0.2) is 0 Å². The topological polar surface area (TPSA) is 55.7 Å². The van der Waals surface area contributed by atoms with Crippen molar-refractivity contribution in [3.8, 4) is 0 Å². The number of benzene rings is 1. The van der Waals surface area contributed by atoms with E-state index in [1.165, 1.54) is 6.07 Å². The summed E-state index contributed by atoms with van der Waals surface area (Å²) >= 11 is 5.76. The van der Waals surface area contributed by atoms with E-state index in [1.54, 1.807) is 12.1 Å². The molecule has 1 aliphatic rings. The summed E-state index contributed by atoms with van der Waals surface area (Å²) in [6, 6.07) is 4.67. The van der Waals surface area contributed by atoms with Gasteiger partial charge in [0.05, 0.1) is 11.5 Å². The van der Waals surface area contributed by atoms with Crippen LogP contribution in [0, 0.1) is 10.1 Å². The van der Waals surface area contributed by atoms with E-state index in [4.69, 9.17) is 16.3 Å². The Hall–Kier alpha value is -1.13. The molecule has 0 spiro atoms. The van der Waals surface area contributed by atoms with E-state index in [-0.39, 0.29) is 16.3 Å². The molecule has 0 bridgehead atoms. The minimum Gasteiger partial charge on any atom is -0.365 e. The maximum absolute atomic E-state index is 10.5. The van der Waals surface area contributed by atoms with Crippen LogP contribution in [0.15, 0.2) is 18.2 Å². The second-order valence-electron chi connectivity index (χ2n) is 3.44. The number of halogens is 1. The molecule has 0 amide bonds. The first-order chi connectivity index (χ1) is 6.53. The standard InChI is InChI=1S/C9H8ClNO3/c1-9(5-14-9)6-2-3-8(11(12)13)7(10)4-6/h2-4H,5H2,1H3. The molecule has 2 rings (SSSR count). The fourth-order valence-corrected chi connectivity index (χ4v) is 1.51. The summed E-state index contributed by atoms with van der Waals surface area (Å²) in [5.74, 6) is 0. The largest absolute Gasteiger partial charge is 0.365 e. The molecule has 0 radical (unpaired) electrons. The number of epoxide rings is 1. The molecule has 0 saturated carbocycles. The summed E-state index contributed by atoms with van der Waals surface area (Å²) in [5.41, 5.74) is 0.520. The predicted molar refractivity (Wildman–Crippen MR) is 51.4 cm³/mol. The Morgan fingerprint density at radius 2 is 2.29 bits per heavy atom. The summed E-state index contributed by atoms with van der Waals surface area (Å²) in [6.45, 7) is 2.56. The predicted octanol–water partition coefficient (Wildman–Crippen LogP) is 2.49. The van der Waals surface area contributed by atoms with Crippen LogP contribution in [0.3, 0.4) is 0 Å². The number of nitro groups is 1. The summed E-state index contributed by atoms with van der Waals surface area (Å²) in [4.78, 5) is 9.99. The van der Waals surface area contributed by atoms with Gasteiger partial charge in [-0.05, 0) is 24.6 Å². The summed E-state index contributed by atoms with van der Waals surface area (Å²) in [5, 5.41) is 10.6. The van der Waals surface area contributed by atoms with Gasteiger partial charge in [0, 0.05) is 6.07 Å². The average molecular weight is 214 g/mol. The molecule has 1 heterocycles. The molecular weight excluding hydrogens is 206 g/mol. The van der Waals surface area contributed by atoms with Gasteiger partial charge in [0.2, 0.25) is 0 Å². The molecule has 1 aliphatic heterocycles. The third kappa shape index (κ3) is 1.47. The first-order valence-corrected chi connectivity index (χ1v) is 4.49. The number of nitro benzene ring substituents is 1. The highest BCUT2D eigenvalue weighted by molar-refractivity contribution is 6.32. The number of hydrogen-bond acceptors (Lipinski definition) is 3. The molecule has 1 saturated heterocycles. The van der Waals surface area contributed by atoms with Crippen molar-refractivity contribution in [3.63, 3.8) is 0 Å². The van der Waals surface area contributed by atoms with E-state index in [2.05, 4.69) is 0 Å². The van der Waals surface area contributed by atoms with Gasteiger partial charge in [-0.15, -0.1) is 0 Å². The Morgan fingerprint density at radius 1 is 1.64 bits per heavy atom. The molecule has 0 aromatic heterocycles. The van der Waals surface area contributed by atoms with Crippen LogP contribution in [0.2, 0.25) is 5.02 Å². The second-order valence-corrected chi connectivity index (χ2v) is 3.85. The van der Waals surface area contributed by atoms with Crippen LogP contribution in [-0.2, 0) is 10.3 Å². The lowest BCUT2D eigenvalue weighted by atomic mass is 10.0. The monoisotopic (exact) mass is 213 g/mol. The quantitative estimate of drug-likeness (QED) is 0.431. The van der Waals surface area contributed by atoms with E-state index >= 15 is 0 Å². The van der Waals surface area contributed by atoms with Crippen LogP contribution in [0.1, 0.15) is 12.5 Å². The highest BCUT2D eigenvalue weighted by Gasteiger charge is 2.41. The van der Waals surface area contributed by atoms with E-state index in [0.29, 0.717) is 6.61 Å². The van der Waals surface area contributed by atoms with Gasteiger partial charge in [-0.3, -0.25) is 10.1 Å². The van der Waals surface area contributed by atoms with Crippen molar-refractivity contribution >= 4 is 17.3 Å². The van der Waals surface area contributed by atoms with Crippen LogP contribution >= 0.6 is 11.6 Å². The van der Waals surface area contributed by atoms with Gasteiger partial charge in [0.25, 0.3) is 5.69 Å². The smallest absolute Gasteiger partial charge is 0.287 e. The number of ether oxygens (including phenoxy) is 1. The van der Waals surface area contributed by atoms with Crippen molar-refractivity contribution in [3.05, 3.63) is 38.9 Å². The fraction of sp³-hybridized carbons (Fsp3) is 0.333. The second kappa shape index (κ2) is 2.93. The van der Waals surface area contributed by atoms with Crippen molar-refractivity contribution in [1.82, 2.24) is 0 Å². The van der Waals surface area contributed by atoms with Gasteiger partial charge < -0.3 is 4.74 Å². The van der Waals surface area contributed by atoms with Gasteiger partial charge in [-0.1, -0.05) is 11.6 Å². The summed E-state index contributed by atoms with van der Waals surface area (Å²) in [7, 11) is 0. The minimum absolute atomic E-state index is 0.0698. The van der Waals surface area contributed by atoms with Crippen LogP contribution in [0.5, 0.6) is 0 Å². The third-order valence-electron chi connectivity index (χ3n) is 2.33. The van der Waals surface area contributed by atoms with E-state index in [0.717, 1.165) is 5.56 Å². The molecule has 0 N–H and O–H groups in total. The van der Waals surface area contributed by atoms with E-state index < -0.39 is 4.92 Å². The summed E-state index contributed by atoms with van der Waals surface area (Å²) in [6.07, 6.45) is 0. The van der Waals surface area contributed by atoms with Gasteiger partial charge in [-0.2, -0.15) is 0 Å². The maximum atomic E-state index is 10.5. The molecule has 0 aliphatic carbocycles. The molecule has 1 atom stereocenters. The van der Waals surface area contributed by atoms with Crippen molar-refractivity contribution in [1.29, 1.82) is 0 Å². The zero-order chi connectivity index (χ0) is 10.3. The Kier molecular flexibility index (Phi) is 1.97. The van der Waals surface area contributed by atoms with Crippen molar-refractivity contribution in [2.24, 2.45) is 0 Å². The average Bonchev–Trinajstić information content (AvgIpc) is 2.84. The van der Waals surface area contributed by atoms with Crippen molar-refractivity contribution in [2.45, 2.75) is 12.5 Å². The van der Waals surface area contributed by atoms with E-state index in [1.807, 2.05) is 6.92 Å². The Labute approximate surface area is 85.6 Å². The number of rotatable bonds is 2. The zero-order valence-corrected chi connectivity index (χ0v) is 8.25. The molecule has 1 unspecified atom stereocenters. The molecule has 1 aromatic rings. The van der Waals surface area contributed by atoms with Crippen molar-refractivity contribution in [2.75, 3.05) is 6.61 Å². The van der Waals surface area contributed by atoms with Crippen LogP contribution in [0.25, 0.3) is 0 Å².